The Kier molecular flexibility index (Phi) is 3.77. The van der Waals surface area contributed by atoms with Crippen LogP contribution in [0.1, 0.15) is 15.9 Å². The van der Waals surface area contributed by atoms with Crippen molar-refractivity contribution < 1.29 is 4.79 Å². The third kappa shape index (κ3) is 2.84. The molecule has 0 aliphatic heterocycles. The Morgan fingerprint density at radius 3 is 2.41 bits per heavy atom. The summed E-state index contributed by atoms with van der Waals surface area (Å²) in [6, 6.07) is 8.66. The Morgan fingerprint density at radius 1 is 1.12 bits per heavy atom. The SMILES string of the molecule is O=C(Cc1cccnc1)c1c(Cl)cccc1Cl. The molecule has 0 aliphatic carbocycles. The summed E-state index contributed by atoms with van der Waals surface area (Å²) in [5.74, 6) is -0.103. The molecule has 0 aliphatic rings. The average molecular weight is 266 g/mol. The highest BCUT2D eigenvalue weighted by Gasteiger charge is 2.14. The highest BCUT2D eigenvalue weighted by molar-refractivity contribution is 6.39. The van der Waals surface area contributed by atoms with Crippen LogP contribution in [0.15, 0.2) is 42.7 Å². The molecular weight excluding hydrogens is 257 g/mol. The highest BCUT2D eigenvalue weighted by atomic mass is 35.5. The van der Waals surface area contributed by atoms with E-state index in [0.29, 0.717) is 15.6 Å². The van der Waals surface area contributed by atoms with E-state index in [1.165, 1.54) is 0 Å². The molecule has 2 nitrogen and oxygen atoms in total. The number of pyridine rings is 1. The van der Waals surface area contributed by atoms with Gasteiger partial charge in [-0.15, -0.1) is 0 Å². The summed E-state index contributed by atoms with van der Waals surface area (Å²) in [5, 5.41) is 0.762. The molecule has 0 N–H and O–H groups in total. The van der Waals surface area contributed by atoms with E-state index in [-0.39, 0.29) is 12.2 Å². The maximum absolute atomic E-state index is 12.1. The van der Waals surface area contributed by atoms with Crippen LogP contribution < -0.4 is 0 Å². The Bertz CT molecular complexity index is 520. The number of hydrogen-bond donors (Lipinski definition) is 0. The Hall–Kier alpha value is -1.38. The first-order chi connectivity index (χ1) is 8.18. The van der Waals surface area contributed by atoms with E-state index >= 15 is 0 Å². The lowest BCUT2D eigenvalue weighted by molar-refractivity contribution is 0.0993. The number of benzene rings is 1. The van der Waals surface area contributed by atoms with Crippen LogP contribution in [0.2, 0.25) is 10.0 Å². The van der Waals surface area contributed by atoms with Crippen LogP contribution >= 0.6 is 23.2 Å². The zero-order chi connectivity index (χ0) is 12.3. The molecule has 2 rings (SSSR count). The minimum absolute atomic E-state index is 0.103. The first kappa shape index (κ1) is 12.1. The van der Waals surface area contributed by atoms with Gasteiger partial charge >= 0.3 is 0 Å². The van der Waals surface area contributed by atoms with E-state index < -0.39 is 0 Å². The van der Waals surface area contributed by atoms with Crippen LogP contribution in [0, 0.1) is 0 Å². The monoisotopic (exact) mass is 265 g/mol. The third-order valence-corrected chi connectivity index (χ3v) is 2.96. The highest BCUT2D eigenvalue weighted by Crippen LogP contribution is 2.25. The standard InChI is InChI=1S/C13H9Cl2NO/c14-10-4-1-5-11(15)13(10)12(17)7-9-3-2-6-16-8-9/h1-6,8H,7H2. The molecule has 1 aromatic carbocycles. The second-order valence-corrected chi connectivity index (χ2v) is 4.37. The average Bonchev–Trinajstić information content (AvgIpc) is 2.30. The first-order valence-electron chi connectivity index (χ1n) is 5.04. The van der Waals surface area contributed by atoms with E-state index in [4.69, 9.17) is 23.2 Å². The lowest BCUT2D eigenvalue weighted by Gasteiger charge is -2.05. The maximum Gasteiger partial charge on any atom is 0.170 e. The smallest absolute Gasteiger partial charge is 0.170 e. The summed E-state index contributed by atoms with van der Waals surface area (Å²) in [5.41, 5.74) is 1.22. The van der Waals surface area contributed by atoms with Crippen LogP contribution in [0.4, 0.5) is 0 Å². The van der Waals surface area contributed by atoms with Crippen LogP contribution in [-0.2, 0) is 6.42 Å². The second-order valence-electron chi connectivity index (χ2n) is 3.56. The van der Waals surface area contributed by atoms with Gasteiger partial charge in [-0.3, -0.25) is 9.78 Å². The van der Waals surface area contributed by atoms with Crippen molar-refractivity contribution in [2.45, 2.75) is 6.42 Å². The number of ketones is 1. The third-order valence-electron chi connectivity index (χ3n) is 2.33. The van der Waals surface area contributed by atoms with Crippen LogP contribution in [0.25, 0.3) is 0 Å². The van der Waals surface area contributed by atoms with Crippen molar-refractivity contribution in [1.29, 1.82) is 0 Å². The quantitative estimate of drug-likeness (QED) is 0.790. The molecule has 4 heteroatoms. The van der Waals surface area contributed by atoms with Crippen molar-refractivity contribution in [3.8, 4) is 0 Å². The molecule has 0 amide bonds. The Labute approximate surface area is 109 Å². The second kappa shape index (κ2) is 5.30. The Morgan fingerprint density at radius 2 is 1.82 bits per heavy atom. The maximum atomic E-state index is 12.1. The van der Waals surface area contributed by atoms with Gasteiger partial charge in [-0.25, -0.2) is 0 Å². The molecule has 1 aromatic heterocycles. The Balaban J connectivity index is 2.27. The molecule has 86 valence electrons. The number of carbonyl (C=O) groups is 1. The van der Waals surface area contributed by atoms with E-state index in [1.54, 1.807) is 36.7 Å². The number of halogens is 2. The van der Waals surface area contributed by atoms with Crippen molar-refractivity contribution in [2.24, 2.45) is 0 Å². The number of nitrogens with zero attached hydrogens (tertiary/aromatic N) is 1. The summed E-state index contributed by atoms with van der Waals surface area (Å²) < 4.78 is 0. The van der Waals surface area contributed by atoms with Crippen LogP contribution in [-0.4, -0.2) is 10.8 Å². The van der Waals surface area contributed by atoms with Crippen molar-refractivity contribution >= 4 is 29.0 Å². The normalized spacial score (nSPS) is 10.2. The van der Waals surface area contributed by atoms with E-state index in [1.807, 2.05) is 6.07 Å². The van der Waals surface area contributed by atoms with Gasteiger partial charge in [-0.1, -0.05) is 35.3 Å². The number of aromatic nitrogens is 1. The van der Waals surface area contributed by atoms with E-state index in [0.717, 1.165) is 5.56 Å². The van der Waals surface area contributed by atoms with Crippen molar-refractivity contribution in [2.75, 3.05) is 0 Å². The van der Waals surface area contributed by atoms with Gasteiger partial charge in [0.2, 0.25) is 0 Å². The molecule has 0 saturated heterocycles. The summed E-state index contributed by atoms with van der Waals surface area (Å²) >= 11 is 11.9. The van der Waals surface area contributed by atoms with Crippen LogP contribution in [0.5, 0.6) is 0 Å². The fourth-order valence-electron chi connectivity index (χ4n) is 1.54. The first-order valence-corrected chi connectivity index (χ1v) is 5.80. The molecule has 1 heterocycles. The van der Waals surface area contributed by atoms with Crippen LogP contribution in [0.3, 0.4) is 0 Å². The molecule has 0 saturated carbocycles. The van der Waals surface area contributed by atoms with Gasteiger partial charge in [-0.05, 0) is 23.8 Å². The fourth-order valence-corrected chi connectivity index (χ4v) is 2.15. The van der Waals surface area contributed by atoms with Gasteiger partial charge in [0.1, 0.15) is 0 Å². The molecule has 0 radical (unpaired) electrons. The van der Waals surface area contributed by atoms with Crippen molar-refractivity contribution in [1.82, 2.24) is 4.98 Å². The zero-order valence-electron chi connectivity index (χ0n) is 8.86. The molecule has 17 heavy (non-hydrogen) atoms. The summed E-state index contributed by atoms with van der Waals surface area (Å²) in [7, 11) is 0. The van der Waals surface area contributed by atoms with Gasteiger partial charge in [0.15, 0.2) is 5.78 Å². The summed E-state index contributed by atoms with van der Waals surface area (Å²) in [6.45, 7) is 0. The lowest BCUT2D eigenvalue weighted by atomic mass is 10.0. The number of Topliss-reactive ketones (excluding diaryl/α,β-unsaturated/α-hetero) is 1. The van der Waals surface area contributed by atoms with Gasteiger partial charge in [0.05, 0.1) is 15.6 Å². The fraction of sp³-hybridized carbons (Fsp3) is 0.0769. The minimum atomic E-state index is -0.103. The van der Waals surface area contributed by atoms with E-state index in [9.17, 15) is 4.79 Å². The van der Waals surface area contributed by atoms with Gasteiger partial charge < -0.3 is 0 Å². The lowest BCUT2D eigenvalue weighted by Crippen LogP contribution is -2.05. The molecule has 0 atom stereocenters. The predicted octanol–water partition coefficient (Wildman–Crippen LogP) is 3.81. The molecule has 0 unspecified atom stereocenters. The van der Waals surface area contributed by atoms with Gasteiger partial charge in [-0.2, -0.15) is 0 Å². The van der Waals surface area contributed by atoms with Gasteiger partial charge in [0, 0.05) is 18.8 Å². The molecule has 2 aromatic rings. The molecule has 0 spiro atoms. The zero-order valence-corrected chi connectivity index (χ0v) is 10.4. The van der Waals surface area contributed by atoms with Crippen molar-refractivity contribution in [3.05, 3.63) is 63.9 Å². The topological polar surface area (TPSA) is 30.0 Å². The molecule has 0 fully saturated rings. The minimum Gasteiger partial charge on any atom is -0.294 e. The molecular formula is C13H9Cl2NO. The molecule has 0 bridgehead atoms. The number of hydrogen-bond acceptors (Lipinski definition) is 2. The predicted molar refractivity (Wildman–Crippen MR) is 68.7 cm³/mol. The largest absolute Gasteiger partial charge is 0.294 e. The van der Waals surface area contributed by atoms with E-state index in [2.05, 4.69) is 4.98 Å². The number of rotatable bonds is 3. The van der Waals surface area contributed by atoms with Crippen molar-refractivity contribution in [3.63, 3.8) is 0 Å². The summed E-state index contributed by atoms with van der Waals surface area (Å²) in [6.07, 6.45) is 3.57. The summed E-state index contributed by atoms with van der Waals surface area (Å²) in [4.78, 5) is 16.0. The number of carbonyl (C=O) groups excluding carboxylic acids is 1. The van der Waals surface area contributed by atoms with Gasteiger partial charge in [0.25, 0.3) is 0 Å².